The summed E-state index contributed by atoms with van der Waals surface area (Å²) in [6.07, 6.45) is -0.519. The first-order valence-corrected chi connectivity index (χ1v) is 7.53. The number of hydrogen-bond donors (Lipinski definition) is 1. The Morgan fingerprint density at radius 2 is 1.92 bits per heavy atom. The number of fused-ring (bicyclic) bond motifs is 1. The lowest BCUT2D eigenvalue weighted by Gasteiger charge is -2.08. The highest BCUT2D eigenvalue weighted by atomic mass is 16.5. The normalized spacial score (nSPS) is 10.3. The van der Waals surface area contributed by atoms with E-state index in [1.54, 1.807) is 4.57 Å². The Morgan fingerprint density at radius 3 is 2.71 bits per heavy atom. The van der Waals surface area contributed by atoms with Crippen LogP contribution in [0, 0.1) is 11.3 Å². The standard InChI is InChI=1S/C18H16N4O2/c19-10-11-22-16-9-5-4-8-15(16)21-17(22)12-20-18(23)24-13-14-6-2-1-3-7-14/h1-9H,11-13H2,(H,20,23). The second-order valence-corrected chi connectivity index (χ2v) is 5.18. The van der Waals surface area contributed by atoms with Gasteiger partial charge in [0.1, 0.15) is 19.0 Å². The number of nitrogens with one attached hydrogen (secondary N) is 1. The van der Waals surface area contributed by atoms with E-state index in [1.807, 2.05) is 54.6 Å². The lowest BCUT2D eigenvalue weighted by atomic mass is 10.2. The largest absolute Gasteiger partial charge is 0.445 e. The van der Waals surface area contributed by atoms with Gasteiger partial charge in [-0.3, -0.25) is 0 Å². The fraction of sp³-hybridized carbons (Fsp3) is 0.167. The number of ether oxygens (including phenoxy) is 1. The summed E-state index contributed by atoms with van der Waals surface area (Å²) in [7, 11) is 0. The fourth-order valence-corrected chi connectivity index (χ4v) is 2.43. The number of aromatic nitrogens is 2. The highest BCUT2D eigenvalue weighted by Crippen LogP contribution is 2.15. The summed E-state index contributed by atoms with van der Waals surface area (Å²) in [6, 6.07) is 19.1. The van der Waals surface area contributed by atoms with Crippen molar-refractivity contribution in [1.82, 2.24) is 14.9 Å². The van der Waals surface area contributed by atoms with Gasteiger partial charge in [-0.15, -0.1) is 0 Å². The highest BCUT2D eigenvalue weighted by Gasteiger charge is 2.11. The Bertz CT molecular complexity index is 881. The van der Waals surface area contributed by atoms with Crippen molar-refractivity contribution in [3.63, 3.8) is 0 Å². The molecule has 24 heavy (non-hydrogen) atoms. The van der Waals surface area contributed by atoms with Crippen LogP contribution < -0.4 is 5.32 Å². The summed E-state index contributed by atoms with van der Waals surface area (Å²) in [4.78, 5) is 16.3. The Labute approximate surface area is 139 Å². The molecule has 0 spiro atoms. The van der Waals surface area contributed by atoms with Gasteiger partial charge in [-0.05, 0) is 17.7 Å². The van der Waals surface area contributed by atoms with Crippen LogP contribution in [0.3, 0.4) is 0 Å². The third-order valence-corrected chi connectivity index (χ3v) is 3.57. The number of carbonyl (C=O) groups excluding carboxylic acids is 1. The van der Waals surface area contributed by atoms with Crippen molar-refractivity contribution < 1.29 is 9.53 Å². The number of alkyl carbamates (subject to hydrolysis) is 1. The predicted octanol–water partition coefficient (Wildman–Crippen LogP) is 2.99. The van der Waals surface area contributed by atoms with Crippen molar-refractivity contribution in [3.05, 3.63) is 66.0 Å². The van der Waals surface area contributed by atoms with E-state index in [0.29, 0.717) is 5.82 Å². The number of benzene rings is 2. The van der Waals surface area contributed by atoms with Crippen LogP contribution in [0.5, 0.6) is 0 Å². The molecule has 120 valence electrons. The number of carbonyl (C=O) groups is 1. The summed E-state index contributed by atoms with van der Waals surface area (Å²) in [6.45, 7) is 0.585. The lowest BCUT2D eigenvalue weighted by Crippen LogP contribution is -2.25. The van der Waals surface area contributed by atoms with Crippen molar-refractivity contribution in [3.8, 4) is 6.07 Å². The number of para-hydroxylation sites is 2. The first-order chi connectivity index (χ1) is 11.8. The maximum absolute atomic E-state index is 11.8. The van der Waals surface area contributed by atoms with E-state index in [9.17, 15) is 4.79 Å². The van der Waals surface area contributed by atoms with Gasteiger partial charge >= 0.3 is 6.09 Å². The van der Waals surface area contributed by atoms with Crippen LogP contribution in [0.2, 0.25) is 0 Å². The second-order valence-electron chi connectivity index (χ2n) is 5.18. The van der Waals surface area contributed by atoms with Crippen molar-refractivity contribution in [1.29, 1.82) is 5.26 Å². The molecule has 0 fully saturated rings. The smallest absolute Gasteiger partial charge is 0.407 e. The molecule has 1 heterocycles. The third-order valence-electron chi connectivity index (χ3n) is 3.57. The Morgan fingerprint density at radius 1 is 1.17 bits per heavy atom. The van der Waals surface area contributed by atoms with Crippen LogP contribution in [0.4, 0.5) is 4.79 Å². The van der Waals surface area contributed by atoms with E-state index >= 15 is 0 Å². The van der Waals surface area contributed by atoms with Crippen LogP contribution in [-0.2, 0) is 24.4 Å². The van der Waals surface area contributed by atoms with Crippen LogP contribution in [-0.4, -0.2) is 15.6 Å². The molecule has 1 N–H and O–H groups in total. The average molecular weight is 320 g/mol. The summed E-state index contributed by atoms with van der Waals surface area (Å²) < 4.78 is 6.96. The molecule has 0 bridgehead atoms. The molecule has 0 atom stereocenters. The summed E-state index contributed by atoms with van der Waals surface area (Å²) >= 11 is 0. The third kappa shape index (κ3) is 3.52. The molecule has 0 aliphatic carbocycles. The number of nitrogens with zero attached hydrogens (tertiary/aromatic N) is 3. The second kappa shape index (κ2) is 7.29. The number of amides is 1. The molecule has 0 saturated carbocycles. The number of rotatable bonds is 5. The minimum absolute atomic E-state index is 0.177. The van der Waals surface area contributed by atoms with Gasteiger partial charge in [0.15, 0.2) is 0 Å². The maximum atomic E-state index is 11.8. The molecule has 1 aromatic heterocycles. The zero-order chi connectivity index (χ0) is 16.8. The topological polar surface area (TPSA) is 79.9 Å². The Kier molecular flexibility index (Phi) is 4.73. The van der Waals surface area contributed by atoms with Gasteiger partial charge in [0.05, 0.1) is 23.6 Å². The van der Waals surface area contributed by atoms with Crippen molar-refractivity contribution in [2.45, 2.75) is 19.7 Å². The summed E-state index contributed by atoms with van der Waals surface area (Å²) in [5.74, 6) is 0.620. The van der Waals surface area contributed by atoms with Crippen LogP contribution in [0.1, 0.15) is 11.4 Å². The Hall–Kier alpha value is -3.33. The number of imidazole rings is 1. The minimum Gasteiger partial charge on any atom is -0.445 e. The monoisotopic (exact) mass is 320 g/mol. The van der Waals surface area contributed by atoms with E-state index < -0.39 is 6.09 Å². The summed E-state index contributed by atoms with van der Waals surface area (Å²) in [5, 5.41) is 11.7. The quantitative estimate of drug-likeness (QED) is 0.783. The predicted molar refractivity (Wildman–Crippen MR) is 88.8 cm³/mol. The van der Waals surface area contributed by atoms with Crippen LogP contribution >= 0.6 is 0 Å². The van der Waals surface area contributed by atoms with Crippen molar-refractivity contribution in [2.75, 3.05) is 0 Å². The molecule has 1 amide bonds. The molecule has 6 nitrogen and oxygen atoms in total. The van der Waals surface area contributed by atoms with E-state index in [4.69, 9.17) is 10.00 Å². The van der Waals surface area contributed by atoms with Gasteiger partial charge < -0.3 is 14.6 Å². The molecule has 2 aromatic carbocycles. The average Bonchev–Trinajstić information content (AvgIpc) is 2.97. The van der Waals surface area contributed by atoms with E-state index in [0.717, 1.165) is 16.6 Å². The SMILES string of the molecule is N#CCn1c(CNC(=O)OCc2ccccc2)nc2ccccc21. The zero-order valence-electron chi connectivity index (χ0n) is 13.0. The molecule has 3 aromatic rings. The van der Waals surface area contributed by atoms with E-state index in [1.165, 1.54) is 0 Å². The van der Waals surface area contributed by atoms with Gasteiger partial charge in [-0.1, -0.05) is 42.5 Å². The van der Waals surface area contributed by atoms with Gasteiger partial charge in [-0.2, -0.15) is 5.26 Å². The van der Waals surface area contributed by atoms with Gasteiger partial charge in [0, 0.05) is 0 Å². The highest BCUT2D eigenvalue weighted by molar-refractivity contribution is 5.76. The molecular formula is C18H16N4O2. The van der Waals surface area contributed by atoms with Crippen molar-refractivity contribution >= 4 is 17.1 Å². The zero-order valence-corrected chi connectivity index (χ0v) is 13.0. The molecule has 0 unspecified atom stereocenters. The lowest BCUT2D eigenvalue weighted by molar-refractivity contribution is 0.139. The molecule has 0 aliphatic rings. The van der Waals surface area contributed by atoms with Crippen LogP contribution in [0.15, 0.2) is 54.6 Å². The molecule has 0 radical (unpaired) electrons. The molecule has 3 rings (SSSR count). The van der Waals surface area contributed by atoms with Gasteiger partial charge in [-0.25, -0.2) is 9.78 Å². The Balaban J connectivity index is 1.64. The number of hydrogen-bond acceptors (Lipinski definition) is 4. The first-order valence-electron chi connectivity index (χ1n) is 7.53. The molecule has 6 heteroatoms. The van der Waals surface area contributed by atoms with E-state index in [2.05, 4.69) is 16.4 Å². The summed E-state index contributed by atoms with van der Waals surface area (Å²) in [5.41, 5.74) is 2.58. The molecular weight excluding hydrogens is 304 g/mol. The minimum atomic E-state index is -0.519. The van der Waals surface area contributed by atoms with Crippen molar-refractivity contribution in [2.24, 2.45) is 0 Å². The van der Waals surface area contributed by atoms with Gasteiger partial charge in [0.25, 0.3) is 0 Å². The van der Waals surface area contributed by atoms with Gasteiger partial charge in [0.2, 0.25) is 0 Å². The van der Waals surface area contributed by atoms with Crippen LogP contribution in [0.25, 0.3) is 11.0 Å². The molecule has 0 aliphatic heterocycles. The first kappa shape index (κ1) is 15.6. The number of nitriles is 1. The maximum Gasteiger partial charge on any atom is 0.407 e. The molecule has 0 saturated heterocycles. The fourth-order valence-electron chi connectivity index (χ4n) is 2.43. The van der Waals surface area contributed by atoms with E-state index in [-0.39, 0.29) is 19.7 Å².